The molecule has 4 rings (SSSR count). The number of carbonyl (C=O) groups is 2. The van der Waals surface area contributed by atoms with Crippen molar-refractivity contribution in [3.63, 3.8) is 0 Å². The lowest BCUT2D eigenvalue weighted by Crippen LogP contribution is -2.14. The van der Waals surface area contributed by atoms with Crippen LogP contribution in [0.25, 0.3) is 22.5 Å². The summed E-state index contributed by atoms with van der Waals surface area (Å²) in [6.07, 6.45) is 0. The highest BCUT2D eigenvalue weighted by molar-refractivity contribution is 6.12. The van der Waals surface area contributed by atoms with Crippen molar-refractivity contribution < 1.29 is 19.1 Å². The molecule has 142 valence electrons. The molecule has 0 saturated carbocycles. The first-order valence-electron chi connectivity index (χ1n) is 9.41. The standard InChI is InChI=1S/C23H21NO4/c1-3-27-22(25)18-19(23(26)28-4-2)21-17-13-9-8-12-16(17)14-24(21)20(18)15-10-6-5-7-11-15/h5-13H,3-4,14H2,1-2H3. The van der Waals surface area contributed by atoms with Gasteiger partial charge in [0, 0.05) is 12.1 Å². The van der Waals surface area contributed by atoms with Crippen LogP contribution in [0.1, 0.15) is 40.1 Å². The van der Waals surface area contributed by atoms with Gasteiger partial charge in [0.1, 0.15) is 11.1 Å². The van der Waals surface area contributed by atoms with E-state index < -0.39 is 11.9 Å². The van der Waals surface area contributed by atoms with Gasteiger partial charge < -0.3 is 14.0 Å². The highest BCUT2D eigenvalue weighted by atomic mass is 16.5. The van der Waals surface area contributed by atoms with Gasteiger partial charge in [-0.3, -0.25) is 0 Å². The molecular formula is C23H21NO4. The fourth-order valence-electron chi connectivity index (χ4n) is 3.82. The van der Waals surface area contributed by atoms with E-state index in [0.717, 1.165) is 22.4 Å². The first-order chi connectivity index (χ1) is 13.7. The number of esters is 2. The third kappa shape index (κ3) is 2.80. The zero-order chi connectivity index (χ0) is 19.7. The molecule has 5 heteroatoms. The van der Waals surface area contributed by atoms with E-state index in [2.05, 4.69) is 0 Å². The SMILES string of the molecule is CCOC(=O)c1c(C(=O)OCC)c2n(c1-c1ccccc1)Cc1ccccc1-2. The minimum Gasteiger partial charge on any atom is -0.462 e. The maximum absolute atomic E-state index is 12.9. The van der Waals surface area contributed by atoms with Crippen LogP contribution in [-0.2, 0) is 16.0 Å². The number of fused-ring (bicyclic) bond motifs is 3. The van der Waals surface area contributed by atoms with Gasteiger partial charge >= 0.3 is 11.9 Å². The Labute approximate surface area is 163 Å². The van der Waals surface area contributed by atoms with E-state index >= 15 is 0 Å². The molecule has 0 aliphatic carbocycles. The molecular weight excluding hydrogens is 354 g/mol. The summed E-state index contributed by atoms with van der Waals surface area (Å²) in [5.74, 6) is -1.02. The first-order valence-corrected chi connectivity index (χ1v) is 9.41. The molecule has 0 saturated heterocycles. The van der Waals surface area contributed by atoms with E-state index in [9.17, 15) is 9.59 Å². The molecule has 0 bridgehead atoms. The van der Waals surface area contributed by atoms with E-state index in [0.29, 0.717) is 12.2 Å². The van der Waals surface area contributed by atoms with Gasteiger partial charge in [0.25, 0.3) is 0 Å². The van der Waals surface area contributed by atoms with Crippen LogP contribution >= 0.6 is 0 Å². The lowest BCUT2D eigenvalue weighted by molar-refractivity contribution is 0.0481. The van der Waals surface area contributed by atoms with Crippen molar-refractivity contribution in [1.29, 1.82) is 0 Å². The molecule has 1 aliphatic rings. The molecule has 0 radical (unpaired) electrons. The van der Waals surface area contributed by atoms with Crippen LogP contribution in [0.3, 0.4) is 0 Å². The summed E-state index contributed by atoms with van der Waals surface area (Å²) in [5.41, 5.74) is 4.87. The number of hydrogen-bond acceptors (Lipinski definition) is 4. The van der Waals surface area contributed by atoms with Gasteiger partial charge in [0.15, 0.2) is 0 Å². The van der Waals surface area contributed by atoms with Gasteiger partial charge in [0.05, 0.1) is 24.6 Å². The monoisotopic (exact) mass is 375 g/mol. The molecule has 2 heterocycles. The lowest BCUT2D eigenvalue weighted by Gasteiger charge is -2.10. The maximum atomic E-state index is 12.9. The van der Waals surface area contributed by atoms with Crippen LogP contribution in [0.2, 0.25) is 0 Å². The summed E-state index contributed by atoms with van der Waals surface area (Å²) in [5, 5.41) is 0. The van der Waals surface area contributed by atoms with Crippen molar-refractivity contribution in [1.82, 2.24) is 4.57 Å². The molecule has 1 aliphatic heterocycles. The van der Waals surface area contributed by atoms with Crippen LogP contribution in [0.5, 0.6) is 0 Å². The van der Waals surface area contributed by atoms with E-state index in [4.69, 9.17) is 9.47 Å². The summed E-state index contributed by atoms with van der Waals surface area (Å²) < 4.78 is 12.7. The average Bonchev–Trinajstić information content (AvgIpc) is 3.23. The zero-order valence-corrected chi connectivity index (χ0v) is 15.9. The average molecular weight is 375 g/mol. The molecule has 0 spiro atoms. The predicted molar refractivity (Wildman–Crippen MR) is 106 cm³/mol. The van der Waals surface area contributed by atoms with Crippen LogP contribution in [0.15, 0.2) is 54.6 Å². The second-order valence-electron chi connectivity index (χ2n) is 6.50. The number of carbonyl (C=O) groups excluding carboxylic acids is 2. The Morgan fingerprint density at radius 1 is 0.821 bits per heavy atom. The van der Waals surface area contributed by atoms with Gasteiger partial charge in [0.2, 0.25) is 0 Å². The van der Waals surface area contributed by atoms with Crippen molar-refractivity contribution in [3.8, 4) is 22.5 Å². The van der Waals surface area contributed by atoms with Crippen molar-refractivity contribution in [2.24, 2.45) is 0 Å². The topological polar surface area (TPSA) is 57.5 Å². The molecule has 0 N–H and O–H groups in total. The minimum absolute atomic E-state index is 0.229. The van der Waals surface area contributed by atoms with E-state index in [-0.39, 0.29) is 24.3 Å². The second-order valence-corrected chi connectivity index (χ2v) is 6.50. The Balaban J connectivity index is 2.07. The van der Waals surface area contributed by atoms with Crippen molar-refractivity contribution in [2.75, 3.05) is 13.2 Å². The Morgan fingerprint density at radius 2 is 1.39 bits per heavy atom. The minimum atomic E-state index is -0.510. The van der Waals surface area contributed by atoms with Crippen molar-refractivity contribution >= 4 is 11.9 Å². The number of aromatic nitrogens is 1. The van der Waals surface area contributed by atoms with Crippen LogP contribution < -0.4 is 0 Å². The van der Waals surface area contributed by atoms with Crippen molar-refractivity contribution in [3.05, 3.63) is 71.3 Å². The summed E-state index contributed by atoms with van der Waals surface area (Å²) in [7, 11) is 0. The van der Waals surface area contributed by atoms with Crippen LogP contribution in [0, 0.1) is 0 Å². The molecule has 3 aromatic rings. The highest BCUT2D eigenvalue weighted by Gasteiger charge is 2.37. The zero-order valence-electron chi connectivity index (χ0n) is 15.9. The van der Waals surface area contributed by atoms with Crippen molar-refractivity contribution in [2.45, 2.75) is 20.4 Å². The number of rotatable bonds is 5. The fourth-order valence-corrected chi connectivity index (χ4v) is 3.82. The molecule has 1 aromatic heterocycles. The number of hydrogen-bond donors (Lipinski definition) is 0. The van der Waals surface area contributed by atoms with Gasteiger partial charge in [-0.15, -0.1) is 0 Å². The van der Waals surface area contributed by atoms with E-state index in [1.807, 2.05) is 59.2 Å². The third-order valence-electron chi connectivity index (χ3n) is 4.87. The maximum Gasteiger partial charge on any atom is 0.341 e. The fraction of sp³-hybridized carbons (Fsp3) is 0.217. The van der Waals surface area contributed by atoms with Crippen LogP contribution in [-0.4, -0.2) is 29.7 Å². The molecule has 0 atom stereocenters. The highest BCUT2D eigenvalue weighted by Crippen LogP contribution is 2.44. The van der Waals surface area contributed by atoms with Gasteiger partial charge in [-0.1, -0.05) is 54.6 Å². The second kappa shape index (κ2) is 7.35. The summed E-state index contributed by atoms with van der Waals surface area (Å²) in [4.78, 5) is 25.9. The molecule has 0 amide bonds. The number of ether oxygens (including phenoxy) is 2. The Kier molecular flexibility index (Phi) is 4.74. The largest absolute Gasteiger partial charge is 0.462 e. The Bertz CT molecular complexity index is 1030. The molecule has 0 fully saturated rings. The Morgan fingerprint density at radius 3 is 2.04 bits per heavy atom. The normalized spacial score (nSPS) is 11.6. The summed E-state index contributed by atoms with van der Waals surface area (Å²) >= 11 is 0. The number of benzene rings is 2. The van der Waals surface area contributed by atoms with E-state index in [1.165, 1.54) is 0 Å². The third-order valence-corrected chi connectivity index (χ3v) is 4.87. The molecule has 28 heavy (non-hydrogen) atoms. The lowest BCUT2D eigenvalue weighted by atomic mass is 9.99. The van der Waals surface area contributed by atoms with Gasteiger partial charge in [-0.05, 0) is 25.0 Å². The summed E-state index contributed by atoms with van der Waals surface area (Å²) in [6, 6.07) is 17.5. The predicted octanol–water partition coefficient (Wildman–Crippen LogP) is 4.54. The molecule has 0 unspecified atom stereocenters. The van der Waals surface area contributed by atoms with Crippen LogP contribution in [0.4, 0.5) is 0 Å². The van der Waals surface area contributed by atoms with Gasteiger partial charge in [-0.2, -0.15) is 0 Å². The van der Waals surface area contributed by atoms with E-state index in [1.54, 1.807) is 13.8 Å². The van der Waals surface area contributed by atoms with Gasteiger partial charge in [-0.25, -0.2) is 9.59 Å². The smallest absolute Gasteiger partial charge is 0.341 e. The molecule has 5 nitrogen and oxygen atoms in total. The number of nitrogens with zero attached hydrogens (tertiary/aromatic N) is 1. The molecule has 2 aromatic carbocycles. The first kappa shape index (κ1) is 18.0. The quantitative estimate of drug-likeness (QED) is 0.481. The summed E-state index contributed by atoms with van der Waals surface area (Å²) in [6.45, 7) is 4.55. The Hall–Kier alpha value is -3.34.